The smallest absolute Gasteiger partial charge is 0.234 e. The summed E-state index contributed by atoms with van der Waals surface area (Å²) in [7, 11) is 0. The van der Waals surface area contributed by atoms with Gasteiger partial charge in [0.15, 0.2) is 0 Å². The molecule has 24 heavy (non-hydrogen) atoms. The Kier molecular flexibility index (Phi) is 5.52. The maximum Gasteiger partial charge on any atom is 0.234 e. The summed E-state index contributed by atoms with van der Waals surface area (Å²) in [6.45, 7) is 2.01. The molecule has 126 valence electrons. The molecule has 1 aromatic heterocycles. The van der Waals surface area contributed by atoms with E-state index in [4.69, 9.17) is 11.6 Å². The first-order valence-corrected chi connectivity index (χ1v) is 8.93. The van der Waals surface area contributed by atoms with Crippen LogP contribution in [0.4, 0.5) is 15.9 Å². The van der Waals surface area contributed by atoms with Crippen LogP contribution in [0.3, 0.4) is 0 Å². The predicted molar refractivity (Wildman–Crippen MR) is 94.2 cm³/mol. The molecule has 8 heteroatoms. The van der Waals surface area contributed by atoms with Gasteiger partial charge in [-0.2, -0.15) is 0 Å². The van der Waals surface area contributed by atoms with E-state index >= 15 is 0 Å². The molecule has 1 aliphatic heterocycles. The molecule has 0 unspecified atom stereocenters. The lowest BCUT2D eigenvalue weighted by Gasteiger charge is -2.16. The topological polar surface area (TPSA) is 58.1 Å². The lowest BCUT2D eigenvalue weighted by atomic mass is 10.3. The van der Waals surface area contributed by atoms with E-state index in [1.165, 1.54) is 49.1 Å². The minimum absolute atomic E-state index is 0.0218. The first kappa shape index (κ1) is 17.0. The van der Waals surface area contributed by atoms with Crippen LogP contribution in [-0.2, 0) is 4.79 Å². The molecule has 1 N–H and O–H groups in total. The maximum absolute atomic E-state index is 13.1. The van der Waals surface area contributed by atoms with Gasteiger partial charge in [-0.1, -0.05) is 23.4 Å². The van der Waals surface area contributed by atoms with Gasteiger partial charge >= 0.3 is 0 Å². The number of halogens is 2. The molecule has 1 amide bonds. The normalized spacial score (nSPS) is 14.0. The van der Waals surface area contributed by atoms with E-state index in [1.807, 2.05) is 6.07 Å². The molecule has 5 nitrogen and oxygen atoms in total. The van der Waals surface area contributed by atoms with Gasteiger partial charge < -0.3 is 10.2 Å². The average Bonchev–Trinajstić information content (AvgIpc) is 3.11. The number of nitrogens with zero attached hydrogens (tertiary/aromatic N) is 3. The number of anilines is 2. The Morgan fingerprint density at radius 3 is 2.83 bits per heavy atom. The Hall–Kier alpha value is -1.86. The molecule has 1 fully saturated rings. The zero-order valence-electron chi connectivity index (χ0n) is 12.8. The van der Waals surface area contributed by atoms with Crippen LogP contribution in [0.5, 0.6) is 0 Å². The predicted octanol–water partition coefficient (Wildman–Crippen LogP) is 3.60. The number of rotatable bonds is 5. The van der Waals surface area contributed by atoms with Gasteiger partial charge in [-0.15, -0.1) is 0 Å². The number of aromatic nitrogens is 2. The molecule has 2 heterocycles. The molecule has 0 atom stereocenters. The molecule has 3 rings (SSSR count). The number of hydrogen-bond donors (Lipinski definition) is 1. The van der Waals surface area contributed by atoms with Crippen molar-refractivity contribution in [3.05, 3.63) is 41.4 Å². The Balaban J connectivity index is 1.55. The van der Waals surface area contributed by atoms with Gasteiger partial charge in [0.25, 0.3) is 0 Å². The van der Waals surface area contributed by atoms with E-state index in [9.17, 15) is 9.18 Å². The highest BCUT2D eigenvalue weighted by molar-refractivity contribution is 7.99. The molecule has 0 aliphatic carbocycles. The number of nitrogens with one attached hydrogen (secondary N) is 1. The molecule has 0 radical (unpaired) electrons. The molecule has 1 aromatic carbocycles. The minimum atomic E-state index is -0.514. The van der Waals surface area contributed by atoms with Crippen LogP contribution in [-0.4, -0.2) is 34.7 Å². The monoisotopic (exact) mass is 366 g/mol. The SMILES string of the molecule is O=C(CSc1cc(N2CCCC2)ncn1)Nc1ccc(F)c(Cl)c1. The lowest BCUT2D eigenvalue weighted by Crippen LogP contribution is -2.19. The highest BCUT2D eigenvalue weighted by atomic mass is 35.5. The third-order valence-electron chi connectivity index (χ3n) is 3.61. The van der Waals surface area contributed by atoms with Gasteiger partial charge in [-0.05, 0) is 31.0 Å². The number of amides is 1. The van der Waals surface area contributed by atoms with Gasteiger partial charge in [0.05, 0.1) is 10.8 Å². The fourth-order valence-electron chi connectivity index (χ4n) is 2.44. The largest absolute Gasteiger partial charge is 0.356 e. The van der Waals surface area contributed by atoms with Crippen LogP contribution in [0.25, 0.3) is 0 Å². The summed E-state index contributed by atoms with van der Waals surface area (Å²) in [6, 6.07) is 5.98. The van der Waals surface area contributed by atoms with Crippen molar-refractivity contribution in [3.8, 4) is 0 Å². The molecule has 2 aromatic rings. The van der Waals surface area contributed by atoms with E-state index in [-0.39, 0.29) is 16.7 Å². The summed E-state index contributed by atoms with van der Waals surface area (Å²) in [5.74, 6) is 0.380. The second-order valence-electron chi connectivity index (χ2n) is 5.37. The van der Waals surface area contributed by atoms with E-state index < -0.39 is 5.82 Å². The van der Waals surface area contributed by atoms with Crippen molar-refractivity contribution >= 4 is 40.8 Å². The summed E-state index contributed by atoms with van der Waals surface area (Å²) in [5.41, 5.74) is 0.465. The zero-order valence-corrected chi connectivity index (χ0v) is 14.4. The number of thioether (sulfide) groups is 1. The van der Waals surface area contributed by atoms with Gasteiger partial charge in [0.2, 0.25) is 5.91 Å². The molecule has 0 bridgehead atoms. The number of carbonyl (C=O) groups excluding carboxylic acids is 1. The van der Waals surface area contributed by atoms with Crippen molar-refractivity contribution in [2.75, 3.05) is 29.1 Å². The third-order valence-corrected chi connectivity index (χ3v) is 4.83. The summed E-state index contributed by atoms with van der Waals surface area (Å²) >= 11 is 7.03. The Bertz CT molecular complexity index is 740. The minimum Gasteiger partial charge on any atom is -0.356 e. The quantitative estimate of drug-likeness (QED) is 0.647. The first-order chi connectivity index (χ1) is 11.6. The van der Waals surface area contributed by atoms with Gasteiger partial charge in [-0.3, -0.25) is 4.79 Å². The number of benzene rings is 1. The third kappa shape index (κ3) is 4.36. The van der Waals surface area contributed by atoms with Crippen LogP contribution in [0.2, 0.25) is 5.02 Å². The fourth-order valence-corrected chi connectivity index (χ4v) is 3.28. The van der Waals surface area contributed by atoms with E-state index in [0.29, 0.717) is 5.69 Å². The van der Waals surface area contributed by atoms with Crippen LogP contribution < -0.4 is 10.2 Å². The molecular weight excluding hydrogens is 351 g/mol. The van der Waals surface area contributed by atoms with Crippen LogP contribution in [0, 0.1) is 5.82 Å². The first-order valence-electron chi connectivity index (χ1n) is 7.56. The van der Waals surface area contributed by atoms with Crippen molar-refractivity contribution in [1.82, 2.24) is 9.97 Å². The second-order valence-corrected chi connectivity index (χ2v) is 6.78. The average molecular weight is 367 g/mol. The molecular formula is C16H16ClFN4OS. The summed E-state index contributed by atoms with van der Waals surface area (Å²) in [4.78, 5) is 22.7. The summed E-state index contributed by atoms with van der Waals surface area (Å²) in [6.07, 6.45) is 3.87. The molecule has 0 spiro atoms. The standard InChI is InChI=1S/C16H16ClFN4OS/c17-12-7-11(3-4-13(12)18)21-15(23)9-24-16-8-14(19-10-20-16)22-5-1-2-6-22/h3-4,7-8,10H,1-2,5-6,9H2,(H,21,23). The van der Waals surface area contributed by atoms with Crippen molar-refractivity contribution in [3.63, 3.8) is 0 Å². The van der Waals surface area contributed by atoms with E-state index in [2.05, 4.69) is 20.2 Å². The highest BCUT2D eigenvalue weighted by Gasteiger charge is 2.14. The Morgan fingerprint density at radius 2 is 2.08 bits per heavy atom. The summed E-state index contributed by atoms with van der Waals surface area (Å²) in [5, 5.41) is 3.41. The van der Waals surface area contributed by atoms with Crippen LogP contribution in [0.1, 0.15) is 12.8 Å². The van der Waals surface area contributed by atoms with Gasteiger partial charge in [-0.25, -0.2) is 14.4 Å². The number of carbonyl (C=O) groups is 1. The van der Waals surface area contributed by atoms with Crippen molar-refractivity contribution in [1.29, 1.82) is 0 Å². The van der Waals surface area contributed by atoms with Crippen molar-refractivity contribution < 1.29 is 9.18 Å². The van der Waals surface area contributed by atoms with Gasteiger partial charge in [0.1, 0.15) is 23.0 Å². The van der Waals surface area contributed by atoms with Crippen molar-refractivity contribution in [2.45, 2.75) is 17.9 Å². The summed E-state index contributed by atoms with van der Waals surface area (Å²) < 4.78 is 13.1. The highest BCUT2D eigenvalue weighted by Crippen LogP contribution is 2.23. The van der Waals surface area contributed by atoms with Crippen LogP contribution >= 0.6 is 23.4 Å². The maximum atomic E-state index is 13.1. The van der Waals surface area contributed by atoms with Crippen LogP contribution in [0.15, 0.2) is 35.6 Å². The molecule has 1 aliphatic rings. The molecule has 1 saturated heterocycles. The Labute approximate surface area is 148 Å². The van der Waals surface area contributed by atoms with E-state index in [1.54, 1.807) is 0 Å². The molecule has 0 saturated carbocycles. The second kappa shape index (κ2) is 7.81. The fraction of sp³-hybridized carbons (Fsp3) is 0.312. The van der Waals surface area contributed by atoms with Gasteiger partial charge in [0, 0.05) is 24.8 Å². The van der Waals surface area contributed by atoms with Crippen molar-refractivity contribution in [2.24, 2.45) is 0 Å². The Morgan fingerprint density at radius 1 is 1.29 bits per heavy atom. The zero-order chi connectivity index (χ0) is 16.9. The number of hydrogen-bond acceptors (Lipinski definition) is 5. The lowest BCUT2D eigenvalue weighted by molar-refractivity contribution is -0.113. The van der Waals surface area contributed by atoms with E-state index in [0.717, 1.165) is 23.9 Å².